The lowest BCUT2D eigenvalue weighted by molar-refractivity contribution is -0.132. The largest absolute Gasteiger partial charge is 0.493 e. The molecule has 0 aromatic heterocycles. The van der Waals surface area contributed by atoms with Crippen molar-refractivity contribution in [2.24, 2.45) is 0 Å². The Balaban J connectivity index is 1.87. The SMILES string of the molecule is C=C(C)COc1cc(-c2ccc(OC(=O)C(=C)C)c(OC(=O)C(=C)C)c2)c(OCC(=C)C)cc1-c1ccc(-c2ccc(OC)c(OC=O)c2)cc1. The predicted octanol–water partition coefficient (Wildman–Crippen LogP) is 9.10. The van der Waals surface area contributed by atoms with E-state index in [-0.39, 0.29) is 35.9 Å². The van der Waals surface area contributed by atoms with E-state index in [0.29, 0.717) is 40.6 Å². The molecule has 0 aliphatic carbocycles. The second-order valence-corrected chi connectivity index (χ2v) is 12.0. The second-order valence-electron chi connectivity index (χ2n) is 12.0. The Labute approximate surface area is 298 Å². The maximum Gasteiger partial charge on any atom is 0.338 e. The van der Waals surface area contributed by atoms with Crippen LogP contribution in [-0.2, 0) is 14.4 Å². The van der Waals surface area contributed by atoms with Crippen molar-refractivity contribution in [2.75, 3.05) is 20.3 Å². The normalized spacial score (nSPS) is 10.4. The van der Waals surface area contributed by atoms with Gasteiger partial charge in [-0.05, 0) is 97.5 Å². The van der Waals surface area contributed by atoms with Crippen LogP contribution in [-0.4, -0.2) is 38.7 Å². The van der Waals surface area contributed by atoms with Crippen LogP contribution in [0.1, 0.15) is 27.7 Å². The molecule has 0 N–H and O–H groups in total. The van der Waals surface area contributed by atoms with E-state index >= 15 is 0 Å². The number of methoxy groups -OCH3 is 1. The molecule has 4 rings (SSSR count). The predicted molar refractivity (Wildman–Crippen MR) is 198 cm³/mol. The summed E-state index contributed by atoms with van der Waals surface area (Å²) in [7, 11) is 1.50. The first-order valence-electron chi connectivity index (χ1n) is 15.8. The highest BCUT2D eigenvalue weighted by Gasteiger charge is 2.21. The quantitative estimate of drug-likeness (QED) is 0.0375. The first-order valence-corrected chi connectivity index (χ1v) is 15.8. The fraction of sp³-hybridized carbons (Fsp3) is 0.167. The smallest absolute Gasteiger partial charge is 0.338 e. The molecule has 0 spiro atoms. The number of hydrogen-bond acceptors (Lipinski definition) is 9. The highest BCUT2D eigenvalue weighted by molar-refractivity contribution is 5.92. The molecule has 4 aromatic carbocycles. The van der Waals surface area contributed by atoms with Crippen LogP contribution in [0, 0.1) is 0 Å². The number of carbonyl (C=O) groups excluding carboxylic acids is 3. The highest BCUT2D eigenvalue weighted by atomic mass is 16.6. The van der Waals surface area contributed by atoms with Gasteiger partial charge < -0.3 is 28.4 Å². The van der Waals surface area contributed by atoms with Gasteiger partial charge in [-0.1, -0.05) is 62.7 Å². The molecular formula is C42H40O9. The second kappa shape index (κ2) is 16.8. The summed E-state index contributed by atoms with van der Waals surface area (Å²) in [6.45, 7) is 22.9. The molecule has 0 saturated carbocycles. The molecular weight excluding hydrogens is 648 g/mol. The third kappa shape index (κ3) is 9.64. The fourth-order valence-corrected chi connectivity index (χ4v) is 4.71. The average molecular weight is 689 g/mol. The summed E-state index contributed by atoms with van der Waals surface area (Å²) >= 11 is 0. The molecule has 0 amide bonds. The van der Waals surface area contributed by atoms with Gasteiger partial charge in [0.25, 0.3) is 6.47 Å². The monoisotopic (exact) mass is 688 g/mol. The molecule has 0 radical (unpaired) electrons. The summed E-state index contributed by atoms with van der Waals surface area (Å²) < 4.78 is 34.1. The van der Waals surface area contributed by atoms with E-state index in [2.05, 4.69) is 26.3 Å². The van der Waals surface area contributed by atoms with Crippen molar-refractivity contribution in [1.82, 2.24) is 0 Å². The number of carbonyl (C=O) groups is 3. The van der Waals surface area contributed by atoms with Crippen molar-refractivity contribution in [2.45, 2.75) is 27.7 Å². The Hall–Kier alpha value is -6.35. The summed E-state index contributed by atoms with van der Waals surface area (Å²) in [5, 5.41) is 0. The van der Waals surface area contributed by atoms with Gasteiger partial charge in [0.15, 0.2) is 23.0 Å². The lowest BCUT2D eigenvalue weighted by Gasteiger charge is -2.19. The van der Waals surface area contributed by atoms with Gasteiger partial charge in [0, 0.05) is 22.3 Å². The van der Waals surface area contributed by atoms with Crippen molar-refractivity contribution in [1.29, 1.82) is 0 Å². The Morgan fingerprint density at radius 1 is 0.549 bits per heavy atom. The fourth-order valence-electron chi connectivity index (χ4n) is 4.71. The molecule has 9 nitrogen and oxygen atoms in total. The van der Waals surface area contributed by atoms with Crippen LogP contribution in [0.2, 0.25) is 0 Å². The molecule has 262 valence electrons. The van der Waals surface area contributed by atoms with Gasteiger partial charge in [-0.2, -0.15) is 0 Å². The molecule has 0 atom stereocenters. The molecule has 0 unspecified atom stereocenters. The average Bonchev–Trinajstić information content (AvgIpc) is 3.10. The summed E-state index contributed by atoms with van der Waals surface area (Å²) in [6.07, 6.45) is 0. The van der Waals surface area contributed by atoms with Crippen LogP contribution in [0.4, 0.5) is 0 Å². The zero-order valence-electron chi connectivity index (χ0n) is 29.4. The van der Waals surface area contributed by atoms with E-state index in [1.807, 2.05) is 56.3 Å². The third-order valence-electron chi connectivity index (χ3n) is 7.25. The number of hydrogen-bond donors (Lipinski definition) is 0. The van der Waals surface area contributed by atoms with Crippen molar-refractivity contribution in [3.8, 4) is 67.9 Å². The minimum Gasteiger partial charge on any atom is -0.493 e. The molecule has 0 aliphatic rings. The van der Waals surface area contributed by atoms with Crippen LogP contribution in [0.5, 0.6) is 34.5 Å². The van der Waals surface area contributed by atoms with E-state index in [0.717, 1.165) is 33.4 Å². The molecule has 9 heteroatoms. The zero-order valence-corrected chi connectivity index (χ0v) is 29.4. The number of rotatable bonds is 16. The van der Waals surface area contributed by atoms with Gasteiger partial charge in [-0.3, -0.25) is 4.79 Å². The first-order chi connectivity index (χ1) is 24.3. The maximum atomic E-state index is 12.6. The van der Waals surface area contributed by atoms with Gasteiger partial charge in [0.1, 0.15) is 24.7 Å². The molecule has 0 fully saturated rings. The molecule has 0 saturated heterocycles. The van der Waals surface area contributed by atoms with Crippen LogP contribution in [0.15, 0.2) is 121 Å². The van der Waals surface area contributed by atoms with Crippen molar-refractivity contribution in [3.05, 3.63) is 121 Å². The van der Waals surface area contributed by atoms with E-state index in [9.17, 15) is 14.4 Å². The van der Waals surface area contributed by atoms with E-state index in [4.69, 9.17) is 28.4 Å². The van der Waals surface area contributed by atoms with Crippen LogP contribution in [0.25, 0.3) is 33.4 Å². The van der Waals surface area contributed by atoms with E-state index in [1.165, 1.54) is 27.0 Å². The Morgan fingerprint density at radius 3 is 1.51 bits per heavy atom. The molecule has 0 heterocycles. The van der Waals surface area contributed by atoms with Gasteiger partial charge in [0.05, 0.1) is 7.11 Å². The third-order valence-corrected chi connectivity index (χ3v) is 7.25. The van der Waals surface area contributed by atoms with E-state index < -0.39 is 11.9 Å². The van der Waals surface area contributed by atoms with Crippen LogP contribution in [0.3, 0.4) is 0 Å². The lowest BCUT2D eigenvalue weighted by atomic mass is 9.96. The van der Waals surface area contributed by atoms with Gasteiger partial charge >= 0.3 is 11.9 Å². The summed E-state index contributed by atoms with van der Waals surface area (Å²) in [6, 6.07) is 21.7. The Kier molecular flexibility index (Phi) is 12.4. The topological polar surface area (TPSA) is 107 Å². The van der Waals surface area contributed by atoms with E-state index in [1.54, 1.807) is 24.3 Å². The maximum absolute atomic E-state index is 12.6. The highest BCUT2D eigenvalue weighted by Crippen LogP contribution is 2.44. The minimum absolute atomic E-state index is 0.00486. The van der Waals surface area contributed by atoms with Gasteiger partial charge in [-0.25, -0.2) is 9.59 Å². The Morgan fingerprint density at radius 2 is 1.00 bits per heavy atom. The van der Waals surface area contributed by atoms with Crippen molar-refractivity contribution in [3.63, 3.8) is 0 Å². The molecule has 4 aromatic rings. The molecule has 51 heavy (non-hydrogen) atoms. The summed E-state index contributed by atoms with van der Waals surface area (Å²) in [4.78, 5) is 36.1. The zero-order chi connectivity index (χ0) is 37.2. The van der Waals surface area contributed by atoms with Crippen molar-refractivity contribution >= 4 is 18.4 Å². The lowest BCUT2D eigenvalue weighted by Crippen LogP contribution is -2.13. The first kappa shape index (κ1) is 37.5. The van der Waals surface area contributed by atoms with Crippen LogP contribution < -0.4 is 28.4 Å². The van der Waals surface area contributed by atoms with Crippen LogP contribution >= 0.6 is 0 Å². The minimum atomic E-state index is -0.690. The standard InChI is InChI=1S/C42H40O9/c1-25(2)22-47-37-21-34(32-15-17-36(50-41(44)27(5)6)40(19-32)51-42(45)28(7)8)38(48-23-26(3)4)20-33(37)30-12-10-29(11-13-30)31-14-16-35(46-9)39(18-31)49-24-43/h10-21,24H,1,3,5,7,22-23H2,2,4,6,8-9H3. The number of ether oxygens (including phenoxy) is 6. The molecule has 0 bridgehead atoms. The van der Waals surface area contributed by atoms with Gasteiger partial charge in [-0.15, -0.1) is 0 Å². The number of esters is 2. The molecule has 0 aliphatic heterocycles. The van der Waals surface area contributed by atoms with Crippen molar-refractivity contribution < 1.29 is 42.8 Å². The summed E-state index contributed by atoms with van der Waals surface area (Å²) in [5.74, 6) is 0.445. The van der Waals surface area contributed by atoms with Gasteiger partial charge in [0.2, 0.25) is 0 Å². The summed E-state index contributed by atoms with van der Waals surface area (Å²) in [5.41, 5.74) is 6.41. The Bertz CT molecular complexity index is 2020. The number of benzene rings is 4.